The molecular weight excluding hydrogens is 224 g/mol. The molecule has 18 heavy (non-hydrogen) atoms. The molecule has 0 spiro atoms. The molecule has 0 aliphatic rings. The van der Waals surface area contributed by atoms with Crippen LogP contribution in [0.1, 0.15) is 25.8 Å². The molecule has 1 atom stereocenters. The van der Waals surface area contributed by atoms with E-state index < -0.39 is 0 Å². The Labute approximate surface area is 110 Å². The second-order valence-corrected chi connectivity index (χ2v) is 4.27. The Morgan fingerprint density at radius 1 is 1.28 bits per heavy atom. The third-order valence-corrected chi connectivity index (χ3v) is 2.89. The van der Waals surface area contributed by atoms with Crippen molar-refractivity contribution in [2.45, 2.75) is 26.7 Å². The molecule has 1 aromatic rings. The molecule has 0 aliphatic carbocycles. The molecule has 98 valence electrons. The normalized spacial score (nSPS) is 11.8. The van der Waals surface area contributed by atoms with Gasteiger partial charge in [-0.1, -0.05) is 19.1 Å². The van der Waals surface area contributed by atoms with E-state index in [4.69, 9.17) is 10.00 Å². The summed E-state index contributed by atoms with van der Waals surface area (Å²) >= 11 is 0. The molecule has 0 aliphatic heterocycles. The van der Waals surface area contributed by atoms with Gasteiger partial charge >= 0.3 is 0 Å². The monoisotopic (exact) mass is 246 g/mol. The van der Waals surface area contributed by atoms with Crippen LogP contribution >= 0.6 is 0 Å². The smallest absolute Gasteiger partial charge is 0.119 e. The van der Waals surface area contributed by atoms with Crippen molar-refractivity contribution in [1.29, 1.82) is 5.26 Å². The molecule has 1 unspecified atom stereocenters. The summed E-state index contributed by atoms with van der Waals surface area (Å²) in [5.41, 5.74) is 1.29. The minimum Gasteiger partial charge on any atom is -0.494 e. The topological polar surface area (TPSA) is 45.0 Å². The highest BCUT2D eigenvalue weighted by molar-refractivity contribution is 5.27. The number of ether oxygens (including phenoxy) is 1. The standard InChI is InChI=1S/C15H22N2O/c1-3-13(11-16)12-17-10-9-14-5-7-15(8-6-14)18-4-2/h5-8,13,17H,3-4,9-10,12H2,1-2H3. The van der Waals surface area contributed by atoms with Gasteiger partial charge in [-0.05, 0) is 44.0 Å². The van der Waals surface area contributed by atoms with Crippen LogP contribution in [0.25, 0.3) is 0 Å². The summed E-state index contributed by atoms with van der Waals surface area (Å²) in [6.07, 6.45) is 1.89. The average molecular weight is 246 g/mol. The first-order valence-electron chi connectivity index (χ1n) is 6.62. The summed E-state index contributed by atoms with van der Waals surface area (Å²) in [5, 5.41) is 12.1. The molecule has 3 nitrogen and oxygen atoms in total. The van der Waals surface area contributed by atoms with Crippen LogP contribution < -0.4 is 10.1 Å². The largest absolute Gasteiger partial charge is 0.494 e. The Morgan fingerprint density at radius 3 is 2.56 bits per heavy atom. The molecule has 1 N–H and O–H groups in total. The number of nitrogens with zero attached hydrogens (tertiary/aromatic N) is 1. The molecule has 0 bridgehead atoms. The van der Waals surface area contributed by atoms with E-state index in [0.29, 0.717) is 6.61 Å². The predicted molar refractivity (Wildman–Crippen MR) is 73.6 cm³/mol. The molecular formula is C15H22N2O. The highest BCUT2D eigenvalue weighted by Crippen LogP contribution is 2.12. The van der Waals surface area contributed by atoms with Crippen molar-refractivity contribution in [1.82, 2.24) is 5.32 Å². The first-order valence-corrected chi connectivity index (χ1v) is 6.62. The van der Waals surface area contributed by atoms with E-state index in [0.717, 1.165) is 31.7 Å². The number of nitriles is 1. The number of nitrogens with one attached hydrogen (secondary N) is 1. The van der Waals surface area contributed by atoms with Gasteiger partial charge in [-0.3, -0.25) is 0 Å². The van der Waals surface area contributed by atoms with Gasteiger partial charge in [0, 0.05) is 6.54 Å². The molecule has 0 heterocycles. The van der Waals surface area contributed by atoms with Crippen molar-refractivity contribution in [2.75, 3.05) is 19.7 Å². The van der Waals surface area contributed by atoms with E-state index in [2.05, 4.69) is 23.5 Å². The minimum absolute atomic E-state index is 0.130. The SMILES string of the molecule is CCOc1ccc(CCNCC(C#N)CC)cc1. The fourth-order valence-electron chi connectivity index (χ4n) is 1.71. The van der Waals surface area contributed by atoms with Gasteiger partial charge in [-0.15, -0.1) is 0 Å². The van der Waals surface area contributed by atoms with E-state index in [1.54, 1.807) is 0 Å². The van der Waals surface area contributed by atoms with Crippen LogP contribution in [0.3, 0.4) is 0 Å². The summed E-state index contributed by atoms with van der Waals surface area (Å²) < 4.78 is 5.40. The van der Waals surface area contributed by atoms with Crippen LogP contribution in [0, 0.1) is 17.2 Å². The van der Waals surface area contributed by atoms with Crippen molar-refractivity contribution in [3.8, 4) is 11.8 Å². The van der Waals surface area contributed by atoms with Gasteiger partial charge in [0.15, 0.2) is 0 Å². The molecule has 0 radical (unpaired) electrons. The lowest BCUT2D eigenvalue weighted by Crippen LogP contribution is -2.23. The van der Waals surface area contributed by atoms with Gasteiger partial charge < -0.3 is 10.1 Å². The third kappa shape index (κ3) is 5.20. The molecule has 0 amide bonds. The van der Waals surface area contributed by atoms with Crippen molar-refractivity contribution in [2.24, 2.45) is 5.92 Å². The maximum Gasteiger partial charge on any atom is 0.119 e. The Bertz CT molecular complexity index is 367. The van der Waals surface area contributed by atoms with E-state index >= 15 is 0 Å². The fraction of sp³-hybridized carbons (Fsp3) is 0.533. The second-order valence-electron chi connectivity index (χ2n) is 4.27. The summed E-state index contributed by atoms with van der Waals surface area (Å²) in [5.74, 6) is 1.05. The van der Waals surface area contributed by atoms with Crippen LogP contribution in [-0.4, -0.2) is 19.7 Å². The van der Waals surface area contributed by atoms with Gasteiger partial charge in [-0.25, -0.2) is 0 Å². The first kappa shape index (κ1) is 14.5. The van der Waals surface area contributed by atoms with Crippen LogP contribution in [-0.2, 0) is 6.42 Å². The van der Waals surface area contributed by atoms with Gasteiger partial charge in [0.05, 0.1) is 18.6 Å². The van der Waals surface area contributed by atoms with Crippen LogP contribution in [0.5, 0.6) is 5.75 Å². The van der Waals surface area contributed by atoms with Gasteiger partial charge in [-0.2, -0.15) is 5.26 Å². The lowest BCUT2D eigenvalue weighted by Gasteiger charge is -2.08. The maximum atomic E-state index is 8.82. The van der Waals surface area contributed by atoms with Crippen molar-refractivity contribution in [3.63, 3.8) is 0 Å². The molecule has 0 saturated carbocycles. The minimum atomic E-state index is 0.130. The zero-order chi connectivity index (χ0) is 13.2. The van der Waals surface area contributed by atoms with E-state index in [1.807, 2.05) is 26.0 Å². The molecule has 1 rings (SSSR count). The number of benzene rings is 1. The first-order chi connectivity index (χ1) is 8.80. The van der Waals surface area contributed by atoms with Crippen molar-refractivity contribution < 1.29 is 4.74 Å². The number of rotatable bonds is 8. The van der Waals surface area contributed by atoms with E-state index in [9.17, 15) is 0 Å². The molecule has 0 aromatic heterocycles. The molecule has 1 aromatic carbocycles. The van der Waals surface area contributed by atoms with Crippen molar-refractivity contribution in [3.05, 3.63) is 29.8 Å². The van der Waals surface area contributed by atoms with E-state index in [1.165, 1.54) is 5.56 Å². The lowest BCUT2D eigenvalue weighted by molar-refractivity contribution is 0.340. The Balaban J connectivity index is 2.25. The number of hydrogen-bond donors (Lipinski definition) is 1. The highest BCUT2D eigenvalue weighted by Gasteiger charge is 2.02. The van der Waals surface area contributed by atoms with Gasteiger partial charge in [0.2, 0.25) is 0 Å². The summed E-state index contributed by atoms with van der Waals surface area (Å²) in [6, 6.07) is 10.5. The molecule has 0 fully saturated rings. The zero-order valence-corrected chi connectivity index (χ0v) is 11.3. The zero-order valence-electron chi connectivity index (χ0n) is 11.3. The molecule has 0 saturated heterocycles. The summed E-state index contributed by atoms with van der Waals surface area (Å²) in [4.78, 5) is 0. The third-order valence-electron chi connectivity index (χ3n) is 2.89. The van der Waals surface area contributed by atoms with Crippen molar-refractivity contribution >= 4 is 0 Å². The maximum absolute atomic E-state index is 8.82. The van der Waals surface area contributed by atoms with Crippen LogP contribution in [0.4, 0.5) is 0 Å². The van der Waals surface area contributed by atoms with Gasteiger partial charge in [0.25, 0.3) is 0 Å². The second kappa shape index (κ2) is 8.54. The predicted octanol–water partition coefficient (Wildman–Crippen LogP) is 2.77. The number of hydrogen-bond acceptors (Lipinski definition) is 3. The summed E-state index contributed by atoms with van der Waals surface area (Å²) in [7, 11) is 0. The lowest BCUT2D eigenvalue weighted by atomic mass is 10.1. The Kier molecular flexibility index (Phi) is 6.90. The molecule has 3 heteroatoms. The van der Waals surface area contributed by atoms with Crippen LogP contribution in [0.15, 0.2) is 24.3 Å². The fourth-order valence-corrected chi connectivity index (χ4v) is 1.71. The quantitative estimate of drug-likeness (QED) is 0.717. The Hall–Kier alpha value is -1.53. The highest BCUT2D eigenvalue weighted by atomic mass is 16.5. The summed E-state index contributed by atoms with van der Waals surface area (Å²) in [6.45, 7) is 6.42. The Morgan fingerprint density at radius 2 is 2.00 bits per heavy atom. The average Bonchev–Trinajstić information content (AvgIpc) is 2.41. The van der Waals surface area contributed by atoms with Gasteiger partial charge in [0.1, 0.15) is 5.75 Å². The van der Waals surface area contributed by atoms with E-state index in [-0.39, 0.29) is 5.92 Å². The van der Waals surface area contributed by atoms with Crippen LogP contribution in [0.2, 0.25) is 0 Å².